The molecule has 0 bridgehead atoms. The van der Waals surface area contributed by atoms with Crippen LogP contribution in [0.25, 0.3) is 0 Å². The lowest BCUT2D eigenvalue weighted by molar-refractivity contribution is 1.02. The van der Waals surface area contributed by atoms with E-state index in [0.717, 1.165) is 19.3 Å². The lowest BCUT2D eigenvalue weighted by Gasteiger charge is -2.09. The number of hydrogen-bond donors (Lipinski definition) is 0. The topological polar surface area (TPSA) is 0 Å². The van der Waals surface area contributed by atoms with Gasteiger partial charge in [-0.25, -0.2) is 0 Å². The molecule has 0 unspecified atom stereocenters. The minimum atomic E-state index is 1.02. The van der Waals surface area contributed by atoms with E-state index in [2.05, 4.69) is 45.5 Å². The molecular formula is C16H26. The first-order chi connectivity index (χ1) is 7.67. The highest BCUT2D eigenvalue weighted by molar-refractivity contribution is 5.34. The summed E-state index contributed by atoms with van der Waals surface area (Å²) in [6.07, 6.45) is 3.27. The summed E-state index contributed by atoms with van der Waals surface area (Å²) in [6.45, 7) is 14.5. The van der Waals surface area contributed by atoms with E-state index < -0.39 is 0 Å². The minimum absolute atomic E-state index is 1.02. The Hall–Kier alpha value is -1.04. The van der Waals surface area contributed by atoms with Gasteiger partial charge in [-0.3, -0.25) is 0 Å². The van der Waals surface area contributed by atoms with E-state index in [4.69, 9.17) is 0 Å². The van der Waals surface area contributed by atoms with Crippen LogP contribution in [-0.2, 0) is 19.3 Å². The zero-order valence-corrected chi connectivity index (χ0v) is 11.6. The number of benzene rings is 1. The van der Waals surface area contributed by atoms with Gasteiger partial charge in [-0.15, -0.1) is 0 Å². The van der Waals surface area contributed by atoms with Crippen LogP contribution in [0.5, 0.6) is 0 Å². The Labute approximate surface area is 101 Å². The average Bonchev–Trinajstić information content (AvgIpc) is 2.31. The molecule has 0 aliphatic carbocycles. The maximum atomic E-state index is 3.97. The summed E-state index contributed by atoms with van der Waals surface area (Å²) in [4.78, 5) is 0. The van der Waals surface area contributed by atoms with Gasteiger partial charge in [0.05, 0.1) is 0 Å². The van der Waals surface area contributed by atoms with Crippen molar-refractivity contribution in [3.8, 4) is 0 Å². The summed E-state index contributed by atoms with van der Waals surface area (Å²) in [5.41, 5.74) is 5.60. The molecule has 0 radical (unpaired) electrons. The molecule has 1 aromatic rings. The molecule has 0 fully saturated rings. The highest BCUT2D eigenvalue weighted by atomic mass is 14.1. The Morgan fingerprint density at radius 1 is 1.06 bits per heavy atom. The van der Waals surface area contributed by atoms with Crippen molar-refractivity contribution in [1.82, 2.24) is 0 Å². The van der Waals surface area contributed by atoms with E-state index in [1.165, 1.54) is 22.3 Å². The van der Waals surface area contributed by atoms with Gasteiger partial charge < -0.3 is 0 Å². The molecule has 0 amide bonds. The molecule has 0 saturated carbocycles. The number of rotatable bonds is 4. The maximum Gasteiger partial charge on any atom is -0.00698 e. The first-order valence-electron chi connectivity index (χ1n) is 6.42. The molecule has 90 valence electrons. The second-order valence-electron chi connectivity index (χ2n) is 3.94. The first-order valence-corrected chi connectivity index (χ1v) is 6.42. The third-order valence-corrected chi connectivity index (χ3v) is 2.55. The van der Waals surface area contributed by atoms with Crippen molar-refractivity contribution in [2.75, 3.05) is 0 Å². The molecule has 0 heteroatoms. The lowest BCUT2D eigenvalue weighted by Crippen LogP contribution is -1.95. The normalized spacial score (nSPS) is 9.31. The van der Waals surface area contributed by atoms with E-state index in [-0.39, 0.29) is 0 Å². The van der Waals surface area contributed by atoms with Crippen LogP contribution in [0.15, 0.2) is 30.4 Å². The Kier molecular flexibility index (Phi) is 7.62. The molecule has 0 aliphatic heterocycles. The van der Waals surface area contributed by atoms with Crippen molar-refractivity contribution in [3.63, 3.8) is 0 Å². The van der Waals surface area contributed by atoms with Crippen molar-refractivity contribution in [2.24, 2.45) is 0 Å². The molecule has 0 heterocycles. The van der Waals surface area contributed by atoms with Crippen LogP contribution in [0.4, 0.5) is 0 Å². The lowest BCUT2D eigenvalue weighted by atomic mass is 9.96. The van der Waals surface area contributed by atoms with Crippen molar-refractivity contribution < 1.29 is 0 Å². The molecule has 0 aromatic heterocycles. The Morgan fingerprint density at radius 2 is 1.69 bits per heavy atom. The Balaban J connectivity index is 0.00000106. The predicted octanol–water partition coefficient (Wildman–Crippen LogP) is 4.96. The van der Waals surface area contributed by atoms with E-state index in [1.54, 1.807) is 0 Å². The van der Waals surface area contributed by atoms with Gasteiger partial charge in [-0.1, -0.05) is 58.0 Å². The minimum Gasteiger partial charge on any atom is -0.0998 e. The Morgan fingerprint density at radius 3 is 2.12 bits per heavy atom. The molecule has 0 atom stereocenters. The van der Waals surface area contributed by atoms with Gasteiger partial charge in [0.2, 0.25) is 0 Å². The molecule has 1 aromatic carbocycles. The summed E-state index contributed by atoms with van der Waals surface area (Å²) in [7, 11) is 0. The average molecular weight is 218 g/mol. The summed E-state index contributed by atoms with van der Waals surface area (Å²) < 4.78 is 0. The monoisotopic (exact) mass is 218 g/mol. The smallest absolute Gasteiger partial charge is 0.00698 e. The number of hydrogen-bond acceptors (Lipinski definition) is 0. The molecule has 1 rings (SSSR count). The fourth-order valence-corrected chi connectivity index (χ4v) is 1.73. The zero-order chi connectivity index (χ0) is 12.6. The van der Waals surface area contributed by atoms with Crippen LogP contribution in [0.1, 0.15) is 51.3 Å². The fraction of sp³-hybridized carbons (Fsp3) is 0.500. The predicted molar refractivity (Wildman–Crippen MR) is 75.1 cm³/mol. The van der Waals surface area contributed by atoms with Crippen molar-refractivity contribution >= 4 is 0 Å². The van der Waals surface area contributed by atoms with Crippen molar-refractivity contribution in [3.05, 3.63) is 47.0 Å². The summed E-state index contributed by atoms with van der Waals surface area (Å²) >= 11 is 0. The highest BCUT2D eigenvalue weighted by Crippen LogP contribution is 2.16. The largest absolute Gasteiger partial charge is 0.0998 e. The van der Waals surface area contributed by atoms with Gasteiger partial charge in [-0.2, -0.15) is 0 Å². The van der Waals surface area contributed by atoms with Crippen molar-refractivity contribution in [2.45, 2.75) is 53.9 Å². The molecule has 0 aliphatic rings. The summed E-state index contributed by atoms with van der Waals surface area (Å²) in [5, 5.41) is 0. The third-order valence-electron chi connectivity index (χ3n) is 2.55. The quantitative estimate of drug-likeness (QED) is 0.627. The number of aryl methyl sites for hydroxylation is 2. The van der Waals surface area contributed by atoms with Crippen LogP contribution in [0.3, 0.4) is 0 Å². The second kappa shape index (κ2) is 8.15. The van der Waals surface area contributed by atoms with Crippen LogP contribution >= 0.6 is 0 Å². The van der Waals surface area contributed by atoms with Gasteiger partial charge in [0.15, 0.2) is 0 Å². The second-order valence-corrected chi connectivity index (χ2v) is 3.94. The van der Waals surface area contributed by atoms with Crippen LogP contribution in [-0.4, -0.2) is 0 Å². The molecule has 0 nitrogen and oxygen atoms in total. The molecule has 16 heavy (non-hydrogen) atoms. The summed E-state index contributed by atoms with van der Waals surface area (Å²) in [5.74, 6) is 0. The first kappa shape index (κ1) is 15.0. The van der Waals surface area contributed by atoms with Crippen LogP contribution in [0.2, 0.25) is 0 Å². The van der Waals surface area contributed by atoms with Gasteiger partial charge in [0.1, 0.15) is 0 Å². The molecule has 0 N–H and O–H groups in total. The highest BCUT2D eigenvalue weighted by Gasteiger charge is 2.01. The van der Waals surface area contributed by atoms with Gasteiger partial charge in [0.25, 0.3) is 0 Å². The van der Waals surface area contributed by atoms with Crippen LogP contribution in [0, 0.1) is 0 Å². The Bertz CT molecular complexity index is 321. The summed E-state index contributed by atoms with van der Waals surface area (Å²) in [6, 6.07) is 6.82. The molecular weight excluding hydrogens is 192 g/mol. The van der Waals surface area contributed by atoms with E-state index >= 15 is 0 Å². The standard InChI is InChI=1S/C14H20.C2H6/c1-5-12-7-8-14(9-11(3)4)13(6-2)10-12;1-2/h7-8,10H,3,5-6,9H2,1-2,4H3;1-2H3. The SMILES string of the molecule is C=C(C)Cc1ccc(CC)cc1CC.CC. The third kappa shape index (κ3) is 4.65. The molecule has 0 spiro atoms. The van der Waals surface area contributed by atoms with E-state index in [0.29, 0.717) is 0 Å². The molecule has 0 saturated heterocycles. The maximum absolute atomic E-state index is 3.97. The van der Waals surface area contributed by atoms with Crippen LogP contribution < -0.4 is 0 Å². The number of allylic oxidation sites excluding steroid dienone is 1. The van der Waals surface area contributed by atoms with Gasteiger partial charge in [0, 0.05) is 0 Å². The van der Waals surface area contributed by atoms with Gasteiger partial charge in [-0.05, 0) is 42.9 Å². The van der Waals surface area contributed by atoms with E-state index in [1.807, 2.05) is 13.8 Å². The van der Waals surface area contributed by atoms with E-state index in [9.17, 15) is 0 Å². The fourth-order valence-electron chi connectivity index (χ4n) is 1.73. The van der Waals surface area contributed by atoms with Crippen molar-refractivity contribution in [1.29, 1.82) is 0 Å². The zero-order valence-electron chi connectivity index (χ0n) is 11.6. The van der Waals surface area contributed by atoms with Gasteiger partial charge >= 0.3 is 0 Å².